The minimum atomic E-state index is -0.0324. The van der Waals surface area contributed by atoms with Gasteiger partial charge in [0.15, 0.2) is 0 Å². The zero-order valence-corrected chi connectivity index (χ0v) is 10.8. The second kappa shape index (κ2) is 4.90. The lowest BCUT2D eigenvalue weighted by atomic mass is 9.94. The Morgan fingerprint density at radius 3 is 3.00 bits per heavy atom. The van der Waals surface area contributed by atoms with Gasteiger partial charge in [-0.05, 0) is 42.8 Å². The van der Waals surface area contributed by atoms with Gasteiger partial charge in [-0.1, -0.05) is 12.1 Å². The van der Waals surface area contributed by atoms with E-state index in [-0.39, 0.29) is 11.9 Å². The first-order valence-electron chi connectivity index (χ1n) is 6.41. The molecular weight excluding hydrogens is 240 g/mol. The van der Waals surface area contributed by atoms with Crippen LogP contribution in [0, 0.1) is 0 Å². The van der Waals surface area contributed by atoms with Crippen molar-refractivity contribution < 1.29 is 9.21 Å². The fraction of sp³-hybridized carbons (Fsp3) is 0.267. The summed E-state index contributed by atoms with van der Waals surface area (Å²) in [7, 11) is 1.88. The molecule has 0 radical (unpaired) electrons. The lowest BCUT2D eigenvalue weighted by Gasteiger charge is -2.20. The summed E-state index contributed by atoms with van der Waals surface area (Å²) >= 11 is 0. The summed E-state index contributed by atoms with van der Waals surface area (Å²) in [6, 6.07) is 9.81. The molecule has 1 aliphatic heterocycles. The summed E-state index contributed by atoms with van der Waals surface area (Å²) in [6.07, 6.45) is 2.55. The predicted octanol–water partition coefficient (Wildman–Crippen LogP) is 1.87. The summed E-state index contributed by atoms with van der Waals surface area (Å²) in [4.78, 5) is 11.9. The number of furan rings is 1. The molecule has 1 aromatic heterocycles. The van der Waals surface area contributed by atoms with E-state index in [9.17, 15) is 4.79 Å². The van der Waals surface area contributed by atoms with E-state index in [1.807, 2.05) is 31.3 Å². The van der Waals surface area contributed by atoms with Crippen LogP contribution < -0.4 is 10.6 Å². The number of hydrogen-bond donors (Lipinski definition) is 2. The molecule has 2 heterocycles. The number of carbonyl (C=O) groups excluding carboxylic acids is 1. The van der Waals surface area contributed by atoms with Crippen LogP contribution in [-0.2, 0) is 6.42 Å². The van der Waals surface area contributed by atoms with E-state index in [0.29, 0.717) is 0 Å². The third-order valence-electron chi connectivity index (χ3n) is 3.51. The molecule has 0 saturated carbocycles. The lowest BCUT2D eigenvalue weighted by molar-refractivity contribution is 0.0946. The molecular formula is C15H16N2O2. The second-order valence-electron chi connectivity index (χ2n) is 4.66. The first kappa shape index (κ1) is 12.0. The number of fused-ring (bicyclic) bond motifs is 1. The molecule has 2 N–H and O–H groups in total. The average Bonchev–Trinajstić information content (AvgIpc) is 2.94. The van der Waals surface area contributed by atoms with E-state index in [0.717, 1.165) is 35.4 Å². The van der Waals surface area contributed by atoms with Crippen molar-refractivity contribution in [3.8, 4) is 0 Å². The average molecular weight is 256 g/mol. The van der Waals surface area contributed by atoms with E-state index in [1.165, 1.54) is 0 Å². The fourth-order valence-electron chi connectivity index (χ4n) is 2.54. The van der Waals surface area contributed by atoms with E-state index in [1.54, 1.807) is 6.26 Å². The third-order valence-corrected chi connectivity index (χ3v) is 3.51. The van der Waals surface area contributed by atoms with Crippen molar-refractivity contribution in [1.82, 2.24) is 10.6 Å². The Hall–Kier alpha value is -2.07. The third kappa shape index (κ3) is 2.15. The summed E-state index contributed by atoms with van der Waals surface area (Å²) in [5, 5.41) is 6.09. The number of hydrogen-bond acceptors (Lipinski definition) is 3. The minimum Gasteiger partial charge on any atom is -0.467 e. The van der Waals surface area contributed by atoms with Crippen LogP contribution in [0.1, 0.15) is 33.3 Å². The summed E-state index contributed by atoms with van der Waals surface area (Å²) in [6.45, 7) is 0.721. The van der Waals surface area contributed by atoms with E-state index < -0.39 is 0 Å². The SMILES string of the molecule is CNC(c1ccc2c(c1)C(=O)NCC2)c1ccco1. The van der Waals surface area contributed by atoms with Crippen molar-refractivity contribution in [2.24, 2.45) is 0 Å². The van der Waals surface area contributed by atoms with Gasteiger partial charge < -0.3 is 15.1 Å². The molecule has 19 heavy (non-hydrogen) atoms. The van der Waals surface area contributed by atoms with E-state index >= 15 is 0 Å². The standard InChI is InChI=1S/C15H16N2O2/c1-16-14(13-3-2-8-19-13)11-5-4-10-6-7-17-15(18)12(10)9-11/h2-5,8-9,14,16H,6-7H2,1H3,(H,17,18). The smallest absolute Gasteiger partial charge is 0.251 e. The van der Waals surface area contributed by atoms with Crippen molar-refractivity contribution in [3.63, 3.8) is 0 Å². The van der Waals surface area contributed by atoms with E-state index in [2.05, 4.69) is 16.7 Å². The van der Waals surface area contributed by atoms with Gasteiger partial charge in [0.05, 0.1) is 12.3 Å². The monoisotopic (exact) mass is 256 g/mol. The van der Waals surface area contributed by atoms with Gasteiger partial charge in [-0.2, -0.15) is 0 Å². The number of rotatable bonds is 3. The summed E-state index contributed by atoms with van der Waals surface area (Å²) in [5.41, 5.74) is 2.92. The van der Waals surface area contributed by atoms with Crippen molar-refractivity contribution >= 4 is 5.91 Å². The van der Waals surface area contributed by atoms with E-state index in [4.69, 9.17) is 4.42 Å². The highest BCUT2D eigenvalue weighted by atomic mass is 16.3. The molecule has 1 amide bonds. The van der Waals surface area contributed by atoms with Crippen LogP contribution in [0.4, 0.5) is 0 Å². The highest BCUT2D eigenvalue weighted by molar-refractivity contribution is 5.96. The molecule has 2 aromatic rings. The summed E-state index contributed by atoms with van der Waals surface area (Å²) < 4.78 is 5.45. The largest absolute Gasteiger partial charge is 0.467 e. The van der Waals surface area contributed by atoms with Gasteiger partial charge in [0.1, 0.15) is 5.76 Å². The molecule has 0 bridgehead atoms. The first-order valence-corrected chi connectivity index (χ1v) is 6.41. The van der Waals surface area contributed by atoms with Crippen LogP contribution in [-0.4, -0.2) is 19.5 Å². The molecule has 3 rings (SSSR count). The number of carbonyl (C=O) groups is 1. The van der Waals surface area contributed by atoms with Crippen molar-refractivity contribution in [2.75, 3.05) is 13.6 Å². The molecule has 1 unspecified atom stereocenters. The van der Waals surface area contributed by atoms with Crippen molar-refractivity contribution in [3.05, 3.63) is 59.0 Å². The quantitative estimate of drug-likeness (QED) is 0.881. The zero-order chi connectivity index (χ0) is 13.2. The Bertz CT molecular complexity index is 590. The normalized spacial score (nSPS) is 15.7. The van der Waals surface area contributed by atoms with Crippen LogP contribution in [0.2, 0.25) is 0 Å². The maximum absolute atomic E-state index is 11.9. The molecule has 4 heteroatoms. The van der Waals surface area contributed by atoms with Gasteiger partial charge in [0.2, 0.25) is 0 Å². The molecule has 98 valence electrons. The van der Waals surface area contributed by atoms with Gasteiger partial charge >= 0.3 is 0 Å². The predicted molar refractivity (Wildman–Crippen MR) is 72.1 cm³/mol. The minimum absolute atomic E-state index is 0.0115. The van der Waals surface area contributed by atoms with Crippen molar-refractivity contribution in [1.29, 1.82) is 0 Å². The lowest BCUT2D eigenvalue weighted by Crippen LogP contribution is -2.32. The zero-order valence-electron chi connectivity index (χ0n) is 10.8. The van der Waals surface area contributed by atoms with Crippen LogP contribution in [0.5, 0.6) is 0 Å². The van der Waals surface area contributed by atoms with Gasteiger partial charge in [-0.15, -0.1) is 0 Å². The Morgan fingerprint density at radius 1 is 1.37 bits per heavy atom. The Balaban J connectivity index is 2.01. The number of nitrogens with one attached hydrogen (secondary N) is 2. The summed E-state index contributed by atoms with van der Waals surface area (Å²) in [5.74, 6) is 0.857. The molecule has 1 aromatic carbocycles. The number of amides is 1. The molecule has 0 aliphatic carbocycles. The number of benzene rings is 1. The molecule has 0 spiro atoms. The molecule has 1 aliphatic rings. The van der Waals surface area contributed by atoms with Crippen LogP contribution in [0.3, 0.4) is 0 Å². The Labute approximate surface area is 111 Å². The van der Waals surface area contributed by atoms with Gasteiger partial charge in [0.25, 0.3) is 5.91 Å². The maximum Gasteiger partial charge on any atom is 0.251 e. The topological polar surface area (TPSA) is 54.3 Å². The molecule has 0 fully saturated rings. The van der Waals surface area contributed by atoms with Crippen LogP contribution in [0.15, 0.2) is 41.0 Å². The highest BCUT2D eigenvalue weighted by Crippen LogP contribution is 2.25. The maximum atomic E-state index is 11.9. The highest BCUT2D eigenvalue weighted by Gasteiger charge is 2.20. The van der Waals surface area contributed by atoms with Crippen LogP contribution >= 0.6 is 0 Å². The fourth-order valence-corrected chi connectivity index (χ4v) is 2.54. The second-order valence-corrected chi connectivity index (χ2v) is 4.66. The Morgan fingerprint density at radius 2 is 2.26 bits per heavy atom. The van der Waals surface area contributed by atoms with Gasteiger partial charge in [0, 0.05) is 12.1 Å². The van der Waals surface area contributed by atoms with Gasteiger partial charge in [-0.3, -0.25) is 4.79 Å². The molecule has 4 nitrogen and oxygen atoms in total. The first-order chi connectivity index (χ1) is 9.29. The Kier molecular flexibility index (Phi) is 3.09. The molecule has 0 saturated heterocycles. The van der Waals surface area contributed by atoms with Crippen LogP contribution in [0.25, 0.3) is 0 Å². The van der Waals surface area contributed by atoms with Gasteiger partial charge in [-0.25, -0.2) is 0 Å². The van der Waals surface area contributed by atoms with Crippen molar-refractivity contribution in [2.45, 2.75) is 12.5 Å². The molecule has 1 atom stereocenters.